The van der Waals surface area contributed by atoms with E-state index in [0.717, 1.165) is 25.3 Å². The van der Waals surface area contributed by atoms with Crippen molar-refractivity contribution < 1.29 is 9.47 Å². The lowest BCUT2D eigenvalue weighted by Gasteiger charge is -2.32. The number of para-hydroxylation sites is 1. The molecule has 1 aromatic carbocycles. The fourth-order valence-electron chi connectivity index (χ4n) is 2.28. The van der Waals surface area contributed by atoms with Gasteiger partial charge in [-0.1, -0.05) is 45.9 Å². The Kier molecular flexibility index (Phi) is 16.3. The summed E-state index contributed by atoms with van der Waals surface area (Å²) < 4.78 is 11.0. The molecule has 0 saturated carbocycles. The molecule has 4 heteroatoms. The Balaban J connectivity index is 0.00000134. The molecule has 0 bridgehead atoms. The van der Waals surface area contributed by atoms with Gasteiger partial charge in [-0.15, -0.1) is 0 Å². The average Bonchev–Trinajstić information content (AvgIpc) is 2.69. The van der Waals surface area contributed by atoms with Gasteiger partial charge in [0.25, 0.3) is 0 Å². The number of benzene rings is 1. The first kappa shape index (κ1) is 23.5. The largest absolute Gasteiger partial charge is 0.501 e. The Morgan fingerprint density at radius 3 is 2.24 bits per heavy atom. The lowest BCUT2D eigenvalue weighted by Crippen LogP contribution is -2.44. The second kappa shape index (κ2) is 17.3. The summed E-state index contributed by atoms with van der Waals surface area (Å²) in [4.78, 5) is 4.88. The van der Waals surface area contributed by atoms with Gasteiger partial charge in [0.15, 0.2) is 0 Å². The van der Waals surface area contributed by atoms with Crippen molar-refractivity contribution in [3.63, 3.8) is 0 Å². The van der Waals surface area contributed by atoms with E-state index in [1.165, 1.54) is 26.2 Å². The van der Waals surface area contributed by atoms with E-state index in [0.29, 0.717) is 6.61 Å². The monoisotopic (exact) mass is 350 g/mol. The molecule has 0 atom stereocenters. The zero-order chi connectivity index (χ0) is 18.8. The number of piperazine rings is 1. The van der Waals surface area contributed by atoms with Crippen LogP contribution in [0, 0.1) is 0 Å². The van der Waals surface area contributed by atoms with Crippen molar-refractivity contribution in [2.45, 2.75) is 34.1 Å². The van der Waals surface area contributed by atoms with Gasteiger partial charge in [0, 0.05) is 32.7 Å². The summed E-state index contributed by atoms with van der Waals surface area (Å²) in [7, 11) is 2.18. The lowest BCUT2D eigenvalue weighted by atomic mass is 10.3. The Bertz CT molecular complexity index is 402. The second-order valence-corrected chi connectivity index (χ2v) is 5.37. The molecule has 1 fully saturated rings. The minimum absolute atomic E-state index is 0.544. The van der Waals surface area contributed by atoms with Crippen LogP contribution in [0.25, 0.3) is 0 Å². The fourth-order valence-corrected chi connectivity index (χ4v) is 2.28. The summed E-state index contributed by atoms with van der Waals surface area (Å²) in [6, 6.07) is 9.81. The highest BCUT2D eigenvalue weighted by Crippen LogP contribution is 2.07. The van der Waals surface area contributed by atoms with Crippen LogP contribution in [0.1, 0.15) is 34.1 Å². The highest BCUT2D eigenvalue weighted by molar-refractivity contribution is 5.21. The summed E-state index contributed by atoms with van der Waals surface area (Å²) in [6.07, 6.45) is 4.73. The Morgan fingerprint density at radius 1 is 0.960 bits per heavy atom. The van der Waals surface area contributed by atoms with Gasteiger partial charge in [-0.3, -0.25) is 0 Å². The fraction of sp³-hybridized carbons (Fsp3) is 0.619. The van der Waals surface area contributed by atoms with Crippen LogP contribution >= 0.6 is 0 Å². The van der Waals surface area contributed by atoms with E-state index in [1.54, 1.807) is 6.26 Å². The van der Waals surface area contributed by atoms with E-state index in [9.17, 15) is 0 Å². The number of likely N-dealkylation sites (N-methyl/N-ethyl adjacent to an activating group) is 1. The van der Waals surface area contributed by atoms with Gasteiger partial charge >= 0.3 is 0 Å². The zero-order valence-electron chi connectivity index (χ0n) is 16.9. The van der Waals surface area contributed by atoms with Gasteiger partial charge in [0.05, 0.1) is 12.9 Å². The lowest BCUT2D eigenvalue weighted by molar-refractivity contribution is 0.139. The van der Waals surface area contributed by atoms with Gasteiger partial charge < -0.3 is 19.3 Å². The van der Waals surface area contributed by atoms with E-state index < -0.39 is 0 Å². The molecule has 1 heterocycles. The van der Waals surface area contributed by atoms with E-state index in [4.69, 9.17) is 9.47 Å². The molecule has 1 aromatic rings. The van der Waals surface area contributed by atoms with E-state index in [-0.39, 0.29) is 0 Å². The Labute approximate surface area is 155 Å². The van der Waals surface area contributed by atoms with Gasteiger partial charge in [0.1, 0.15) is 12.4 Å². The molecule has 0 amide bonds. The minimum Gasteiger partial charge on any atom is -0.501 e. The van der Waals surface area contributed by atoms with Crippen molar-refractivity contribution in [3.8, 4) is 5.75 Å². The number of rotatable bonds is 8. The molecule has 0 N–H and O–H groups in total. The predicted molar refractivity (Wildman–Crippen MR) is 108 cm³/mol. The highest BCUT2D eigenvalue weighted by atomic mass is 16.5. The first-order chi connectivity index (χ1) is 12.3. The maximum atomic E-state index is 5.54. The van der Waals surface area contributed by atoms with Gasteiger partial charge in [-0.25, -0.2) is 0 Å². The molecule has 25 heavy (non-hydrogen) atoms. The van der Waals surface area contributed by atoms with Crippen molar-refractivity contribution >= 4 is 0 Å². The molecule has 0 aliphatic carbocycles. The topological polar surface area (TPSA) is 24.9 Å². The number of hydrogen-bond acceptors (Lipinski definition) is 4. The molecule has 0 unspecified atom stereocenters. The zero-order valence-corrected chi connectivity index (χ0v) is 16.9. The Hall–Kier alpha value is -1.52. The molecule has 0 aromatic heterocycles. The van der Waals surface area contributed by atoms with Crippen LogP contribution in [-0.4, -0.2) is 62.8 Å². The molecule has 0 spiro atoms. The number of nitrogens with zero attached hydrogens (tertiary/aromatic N) is 2. The molecular formula is C21H38N2O2. The molecule has 2 rings (SSSR count). The third-order valence-corrected chi connectivity index (χ3v) is 3.61. The molecule has 0 radical (unpaired) electrons. The van der Waals surface area contributed by atoms with Crippen LogP contribution in [0.15, 0.2) is 42.7 Å². The third-order valence-electron chi connectivity index (χ3n) is 3.61. The first-order valence-corrected chi connectivity index (χ1v) is 9.70. The molecule has 1 aliphatic heterocycles. The van der Waals surface area contributed by atoms with E-state index in [2.05, 4.69) is 16.8 Å². The van der Waals surface area contributed by atoms with Gasteiger partial charge in [-0.2, -0.15) is 0 Å². The highest BCUT2D eigenvalue weighted by Gasteiger charge is 2.12. The normalized spacial score (nSPS) is 14.9. The average molecular weight is 351 g/mol. The molecule has 4 nitrogen and oxygen atoms in total. The van der Waals surface area contributed by atoms with Crippen molar-refractivity contribution in [1.29, 1.82) is 0 Å². The summed E-state index contributed by atoms with van der Waals surface area (Å²) in [5.74, 6) is 0.886. The molecule has 1 saturated heterocycles. The number of ether oxygens (including phenoxy) is 2. The van der Waals surface area contributed by atoms with Crippen molar-refractivity contribution in [2.24, 2.45) is 0 Å². The Morgan fingerprint density at radius 2 is 1.60 bits per heavy atom. The van der Waals surface area contributed by atoms with E-state index >= 15 is 0 Å². The van der Waals surface area contributed by atoms with Crippen LogP contribution in [0.2, 0.25) is 0 Å². The van der Waals surface area contributed by atoms with Crippen LogP contribution in [0.3, 0.4) is 0 Å². The van der Waals surface area contributed by atoms with Crippen molar-refractivity contribution in [2.75, 3.05) is 53.0 Å². The van der Waals surface area contributed by atoms with Gasteiger partial charge in [0.2, 0.25) is 0 Å². The van der Waals surface area contributed by atoms with Gasteiger partial charge in [-0.05, 0) is 31.7 Å². The SMILES string of the molecule is CC.CC.CN1CCN(CCCOC=CCOc2ccccc2)CC1. The smallest absolute Gasteiger partial charge is 0.119 e. The maximum absolute atomic E-state index is 5.54. The second-order valence-electron chi connectivity index (χ2n) is 5.37. The summed E-state index contributed by atoms with van der Waals surface area (Å²) in [5, 5.41) is 0. The van der Waals surface area contributed by atoms with Crippen molar-refractivity contribution in [3.05, 3.63) is 42.7 Å². The summed E-state index contributed by atoms with van der Waals surface area (Å²) in [5.41, 5.74) is 0. The summed E-state index contributed by atoms with van der Waals surface area (Å²) >= 11 is 0. The summed E-state index contributed by atoms with van der Waals surface area (Å²) in [6.45, 7) is 15.2. The number of hydrogen-bond donors (Lipinski definition) is 0. The maximum Gasteiger partial charge on any atom is 0.119 e. The third kappa shape index (κ3) is 12.5. The standard InChI is InChI=1S/C17H26N2O2.2C2H6/c1-18-10-12-19(13-11-18)9-5-14-20-15-6-16-21-17-7-3-2-4-8-17;2*1-2/h2-4,6-8,15H,5,9-14,16H2,1H3;2*1-2H3. The predicted octanol–water partition coefficient (Wildman–Crippen LogP) is 4.29. The molecule has 1 aliphatic rings. The first-order valence-electron chi connectivity index (χ1n) is 9.70. The molecule has 144 valence electrons. The van der Waals surface area contributed by atoms with Crippen LogP contribution in [0.4, 0.5) is 0 Å². The molecular weight excluding hydrogens is 312 g/mol. The van der Waals surface area contributed by atoms with Crippen LogP contribution < -0.4 is 4.74 Å². The minimum atomic E-state index is 0.544. The van der Waals surface area contributed by atoms with Crippen molar-refractivity contribution in [1.82, 2.24) is 9.80 Å². The van der Waals surface area contributed by atoms with Crippen LogP contribution in [-0.2, 0) is 4.74 Å². The van der Waals surface area contributed by atoms with E-state index in [1.807, 2.05) is 64.1 Å². The quantitative estimate of drug-likeness (QED) is 0.516. The van der Waals surface area contributed by atoms with Crippen LogP contribution in [0.5, 0.6) is 5.75 Å².